The van der Waals surface area contributed by atoms with Crippen molar-refractivity contribution in [3.05, 3.63) is 28.0 Å². The molecule has 0 amide bonds. The number of esters is 1. The molecule has 0 radical (unpaired) electrons. The Morgan fingerprint density at radius 2 is 2.23 bits per heavy atom. The number of phenolic OH excluding ortho intramolecular Hbond substituents is 1. The first kappa shape index (κ1) is 9.98. The van der Waals surface area contributed by atoms with Crippen molar-refractivity contribution in [2.45, 2.75) is 0 Å². The van der Waals surface area contributed by atoms with Crippen LogP contribution in [0.25, 0.3) is 0 Å². The number of carbonyl (C=O) groups is 1. The Kier molecular flexibility index (Phi) is 2.87. The van der Waals surface area contributed by atoms with Crippen molar-refractivity contribution in [3.63, 3.8) is 0 Å². The summed E-state index contributed by atoms with van der Waals surface area (Å²) in [6.07, 6.45) is 0. The molecule has 3 nitrogen and oxygen atoms in total. The molecule has 0 saturated heterocycles. The second kappa shape index (κ2) is 3.74. The molecule has 0 unspecified atom stereocenters. The maximum absolute atomic E-state index is 12.8. The van der Waals surface area contributed by atoms with Crippen LogP contribution in [0.5, 0.6) is 5.75 Å². The van der Waals surface area contributed by atoms with Crippen LogP contribution in [0.1, 0.15) is 10.4 Å². The van der Waals surface area contributed by atoms with Gasteiger partial charge in [-0.1, -0.05) is 0 Å². The van der Waals surface area contributed by atoms with E-state index in [-0.39, 0.29) is 5.56 Å². The fraction of sp³-hybridized carbons (Fsp3) is 0.125. The molecule has 0 aliphatic heterocycles. The monoisotopic (exact) mass is 248 g/mol. The van der Waals surface area contributed by atoms with E-state index in [2.05, 4.69) is 20.7 Å². The molecular formula is C8H6BrFO3. The molecular weight excluding hydrogens is 243 g/mol. The maximum atomic E-state index is 12.8. The predicted octanol–water partition coefficient (Wildman–Crippen LogP) is 2.08. The zero-order chi connectivity index (χ0) is 10.0. The number of ether oxygens (including phenoxy) is 1. The van der Waals surface area contributed by atoms with Gasteiger partial charge in [0.15, 0.2) is 11.6 Å². The molecule has 1 rings (SSSR count). The van der Waals surface area contributed by atoms with Crippen LogP contribution in [0.4, 0.5) is 4.39 Å². The fourth-order valence-corrected chi connectivity index (χ4v) is 1.30. The van der Waals surface area contributed by atoms with Crippen LogP contribution in [-0.2, 0) is 4.74 Å². The molecule has 0 aliphatic carbocycles. The van der Waals surface area contributed by atoms with Crippen LogP contribution >= 0.6 is 15.9 Å². The zero-order valence-electron chi connectivity index (χ0n) is 6.67. The molecule has 0 fully saturated rings. The van der Waals surface area contributed by atoms with Crippen LogP contribution in [0.2, 0.25) is 0 Å². The predicted molar refractivity (Wildman–Crippen MR) is 47.1 cm³/mol. The van der Waals surface area contributed by atoms with Crippen molar-refractivity contribution in [2.24, 2.45) is 0 Å². The minimum Gasteiger partial charge on any atom is -0.505 e. The number of rotatable bonds is 1. The lowest BCUT2D eigenvalue weighted by Gasteiger charge is -2.03. The topological polar surface area (TPSA) is 46.5 Å². The van der Waals surface area contributed by atoms with E-state index in [0.29, 0.717) is 4.47 Å². The van der Waals surface area contributed by atoms with Crippen molar-refractivity contribution >= 4 is 21.9 Å². The molecule has 0 aromatic heterocycles. The van der Waals surface area contributed by atoms with Crippen molar-refractivity contribution < 1.29 is 19.0 Å². The Bertz CT molecular complexity index is 351. The van der Waals surface area contributed by atoms with E-state index in [1.54, 1.807) is 0 Å². The first-order chi connectivity index (χ1) is 6.06. The van der Waals surface area contributed by atoms with Gasteiger partial charge in [0.25, 0.3) is 0 Å². The summed E-state index contributed by atoms with van der Waals surface area (Å²) in [7, 11) is 1.19. The van der Waals surface area contributed by atoms with Crippen molar-refractivity contribution in [2.75, 3.05) is 7.11 Å². The quantitative estimate of drug-likeness (QED) is 0.775. The summed E-state index contributed by atoms with van der Waals surface area (Å²) >= 11 is 3.00. The molecule has 1 aromatic carbocycles. The normalized spacial score (nSPS) is 9.77. The first-order valence-electron chi connectivity index (χ1n) is 3.32. The highest BCUT2D eigenvalue weighted by Gasteiger charge is 2.13. The summed E-state index contributed by atoms with van der Waals surface area (Å²) in [5.74, 6) is -2.03. The molecule has 70 valence electrons. The lowest BCUT2D eigenvalue weighted by molar-refractivity contribution is 0.0599. The Hall–Kier alpha value is -1.10. The van der Waals surface area contributed by atoms with Gasteiger partial charge in [0, 0.05) is 4.47 Å². The van der Waals surface area contributed by atoms with Gasteiger partial charge in [-0.05, 0) is 28.1 Å². The number of halogens is 2. The van der Waals surface area contributed by atoms with Gasteiger partial charge < -0.3 is 9.84 Å². The summed E-state index contributed by atoms with van der Waals surface area (Å²) in [6.45, 7) is 0. The largest absolute Gasteiger partial charge is 0.505 e. The van der Waals surface area contributed by atoms with Crippen LogP contribution < -0.4 is 0 Å². The van der Waals surface area contributed by atoms with Crippen LogP contribution in [0.3, 0.4) is 0 Å². The van der Waals surface area contributed by atoms with E-state index in [1.165, 1.54) is 7.11 Å². The number of phenols is 1. The Labute approximate surface area is 82.3 Å². The molecule has 1 aromatic rings. The Morgan fingerprint density at radius 3 is 2.77 bits per heavy atom. The third-order valence-electron chi connectivity index (χ3n) is 1.44. The van der Waals surface area contributed by atoms with E-state index >= 15 is 0 Å². The molecule has 0 heterocycles. The van der Waals surface area contributed by atoms with Gasteiger partial charge in [-0.2, -0.15) is 0 Å². The zero-order valence-corrected chi connectivity index (χ0v) is 8.26. The minimum absolute atomic E-state index is 0.0396. The highest BCUT2D eigenvalue weighted by molar-refractivity contribution is 9.10. The maximum Gasteiger partial charge on any atom is 0.339 e. The Morgan fingerprint density at radius 1 is 1.62 bits per heavy atom. The molecule has 0 spiro atoms. The summed E-state index contributed by atoms with van der Waals surface area (Å²) < 4.78 is 17.5. The van der Waals surface area contributed by atoms with Gasteiger partial charge in [-0.25, -0.2) is 9.18 Å². The number of hydrogen-bond acceptors (Lipinski definition) is 3. The fourth-order valence-electron chi connectivity index (χ4n) is 0.803. The molecule has 1 N–H and O–H groups in total. The number of methoxy groups -OCH3 is 1. The molecule has 13 heavy (non-hydrogen) atoms. The second-order valence-electron chi connectivity index (χ2n) is 2.28. The molecule has 0 aliphatic rings. The highest BCUT2D eigenvalue weighted by atomic mass is 79.9. The van der Waals surface area contributed by atoms with E-state index in [9.17, 15) is 9.18 Å². The van der Waals surface area contributed by atoms with Crippen molar-refractivity contribution in [1.29, 1.82) is 0 Å². The van der Waals surface area contributed by atoms with E-state index in [4.69, 9.17) is 5.11 Å². The van der Waals surface area contributed by atoms with E-state index in [1.807, 2.05) is 0 Å². The lowest BCUT2D eigenvalue weighted by atomic mass is 10.2. The summed E-state index contributed by atoms with van der Waals surface area (Å²) in [5.41, 5.74) is 0.0396. The van der Waals surface area contributed by atoms with E-state index < -0.39 is 17.5 Å². The van der Waals surface area contributed by atoms with E-state index in [0.717, 1.165) is 12.1 Å². The van der Waals surface area contributed by atoms with Gasteiger partial charge >= 0.3 is 5.97 Å². The van der Waals surface area contributed by atoms with Crippen molar-refractivity contribution in [1.82, 2.24) is 0 Å². The summed E-state index contributed by atoms with van der Waals surface area (Å²) in [5, 5.41) is 8.92. The third kappa shape index (κ3) is 1.98. The Balaban J connectivity index is 3.23. The summed E-state index contributed by atoms with van der Waals surface area (Å²) in [4.78, 5) is 11.0. The second-order valence-corrected chi connectivity index (χ2v) is 3.13. The molecule has 0 atom stereocenters. The standard InChI is InChI=1S/C8H6BrFO3/c1-13-8(12)4-2-6(10)7(11)3-5(4)9/h2-3,11H,1H3. The molecule has 0 saturated carbocycles. The van der Waals surface area contributed by atoms with Crippen LogP contribution in [0, 0.1) is 5.82 Å². The molecule has 0 bridgehead atoms. The minimum atomic E-state index is -0.858. The number of benzene rings is 1. The lowest BCUT2D eigenvalue weighted by Crippen LogP contribution is -2.02. The van der Waals surface area contributed by atoms with Crippen LogP contribution in [-0.4, -0.2) is 18.2 Å². The van der Waals surface area contributed by atoms with Crippen LogP contribution in [0.15, 0.2) is 16.6 Å². The highest BCUT2D eigenvalue weighted by Crippen LogP contribution is 2.25. The van der Waals surface area contributed by atoms with Gasteiger partial charge in [-0.15, -0.1) is 0 Å². The summed E-state index contributed by atoms with van der Waals surface area (Å²) in [6, 6.07) is 2.01. The smallest absolute Gasteiger partial charge is 0.339 e. The first-order valence-corrected chi connectivity index (χ1v) is 4.12. The number of aromatic hydroxyl groups is 1. The average Bonchev–Trinajstić information content (AvgIpc) is 2.10. The van der Waals surface area contributed by atoms with Gasteiger partial charge in [0.1, 0.15) is 0 Å². The SMILES string of the molecule is COC(=O)c1cc(F)c(O)cc1Br. The van der Waals surface area contributed by atoms with Gasteiger partial charge in [0.05, 0.1) is 12.7 Å². The van der Waals surface area contributed by atoms with Gasteiger partial charge in [0.2, 0.25) is 0 Å². The number of hydrogen-bond donors (Lipinski definition) is 1. The average molecular weight is 249 g/mol. The van der Waals surface area contributed by atoms with Gasteiger partial charge in [-0.3, -0.25) is 0 Å². The molecule has 5 heteroatoms. The third-order valence-corrected chi connectivity index (χ3v) is 2.10. The number of carbonyl (C=O) groups excluding carboxylic acids is 1. The van der Waals surface area contributed by atoms with Crippen molar-refractivity contribution in [3.8, 4) is 5.75 Å².